The lowest BCUT2D eigenvalue weighted by atomic mass is 10.1. The maximum Gasteiger partial charge on any atom is 0.181 e. The first kappa shape index (κ1) is 12.8. The third kappa shape index (κ3) is 2.59. The molecule has 1 aliphatic rings. The van der Waals surface area contributed by atoms with E-state index >= 15 is 0 Å². The van der Waals surface area contributed by atoms with E-state index in [1.807, 2.05) is 0 Å². The molecule has 0 bridgehead atoms. The zero-order chi connectivity index (χ0) is 13.4. The zero-order valence-electron chi connectivity index (χ0n) is 11.5. The Hall–Kier alpha value is -1.17. The van der Waals surface area contributed by atoms with Gasteiger partial charge in [-0.1, -0.05) is 17.4 Å². The van der Waals surface area contributed by atoms with E-state index < -0.39 is 0 Å². The number of fused-ring (bicyclic) bond motifs is 1. The number of aromatic nitrogens is 1. The van der Waals surface area contributed by atoms with Crippen molar-refractivity contribution in [1.82, 2.24) is 14.8 Å². The van der Waals surface area contributed by atoms with E-state index in [-0.39, 0.29) is 0 Å². The van der Waals surface area contributed by atoms with Gasteiger partial charge in [-0.2, -0.15) is 0 Å². The molecule has 102 valence electrons. The summed E-state index contributed by atoms with van der Waals surface area (Å²) in [4.78, 5) is 9.24. The summed E-state index contributed by atoms with van der Waals surface area (Å²) in [6, 6.07) is 6.97. The number of anilines is 1. The van der Waals surface area contributed by atoms with Crippen molar-refractivity contribution < 1.29 is 0 Å². The van der Waals surface area contributed by atoms with Crippen molar-refractivity contribution in [2.24, 2.45) is 0 Å². The summed E-state index contributed by atoms with van der Waals surface area (Å²) in [5.41, 5.74) is 8.14. The largest absolute Gasteiger partial charge is 0.375 e. The summed E-state index contributed by atoms with van der Waals surface area (Å²) in [6.07, 6.45) is 0. The molecule has 0 spiro atoms. The molecule has 2 N–H and O–H groups in total. The van der Waals surface area contributed by atoms with Crippen LogP contribution >= 0.6 is 11.3 Å². The van der Waals surface area contributed by atoms with E-state index in [2.05, 4.69) is 47.0 Å². The summed E-state index contributed by atoms with van der Waals surface area (Å²) in [5, 5.41) is 0.652. The molecule has 1 aromatic heterocycles. The van der Waals surface area contributed by atoms with Crippen LogP contribution in [0.2, 0.25) is 0 Å². The van der Waals surface area contributed by atoms with Gasteiger partial charge >= 0.3 is 0 Å². The lowest BCUT2D eigenvalue weighted by molar-refractivity contribution is 0.119. The Morgan fingerprint density at radius 2 is 2.00 bits per heavy atom. The third-order valence-electron chi connectivity index (χ3n) is 4.00. The lowest BCUT2D eigenvalue weighted by Gasteiger charge is -2.36. The molecule has 4 nitrogen and oxygen atoms in total. The minimum atomic E-state index is 0.460. The highest BCUT2D eigenvalue weighted by Crippen LogP contribution is 2.29. The van der Waals surface area contributed by atoms with Gasteiger partial charge in [-0.05, 0) is 31.7 Å². The molecule has 2 aromatic rings. The Labute approximate surface area is 117 Å². The van der Waals surface area contributed by atoms with Gasteiger partial charge < -0.3 is 10.6 Å². The van der Waals surface area contributed by atoms with E-state index in [1.165, 1.54) is 10.3 Å². The van der Waals surface area contributed by atoms with Crippen LogP contribution in [0, 0.1) is 0 Å². The fourth-order valence-corrected chi connectivity index (χ4v) is 3.42. The van der Waals surface area contributed by atoms with Crippen LogP contribution in [0.4, 0.5) is 5.13 Å². The molecule has 1 atom stereocenters. The van der Waals surface area contributed by atoms with Gasteiger partial charge in [-0.15, -0.1) is 0 Å². The average molecular weight is 276 g/mol. The number of nitrogens with two attached hydrogens (primary N) is 1. The third-order valence-corrected chi connectivity index (χ3v) is 4.84. The first-order valence-electron chi connectivity index (χ1n) is 6.72. The lowest BCUT2D eigenvalue weighted by Crippen LogP contribution is -2.45. The van der Waals surface area contributed by atoms with Crippen molar-refractivity contribution in [2.45, 2.75) is 13.0 Å². The van der Waals surface area contributed by atoms with Crippen LogP contribution in [0.3, 0.4) is 0 Å². The van der Waals surface area contributed by atoms with Crippen molar-refractivity contribution in [2.75, 3.05) is 39.0 Å². The number of hydrogen-bond donors (Lipinski definition) is 1. The summed E-state index contributed by atoms with van der Waals surface area (Å²) >= 11 is 1.57. The number of hydrogen-bond acceptors (Lipinski definition) is 5. The Balaban J connectivity index is 1.82. The van der Waals surface area contributed by atoms with E-state index in [0.29, 0.717) is 11.2 Å². The molecular weight excluding hydrogens is 256 g/mol. The highest BCUT2D eigenvalue weighted by molar-refractivity contribution is 7.22. The molecule has 0 amide bonds. The number of nitrogen functional groups attached to an aromatic ring is 1. The number of thiazole rings is 1. The molecule has 1 unspecified atom stereocenters. The minimum absolute atomic E-state index is 0.460. The molecule has 0 radical (unpaired) electrons. The number of rotatable bonds is 2. The van der Waals surface area contributed by atoms with E-state index in [1.54, 1.807) is 11.3 Å². The van der Waals surface area contributed by atoms with Crippen LogP contribution < -0.4 is 5.73 Å². The van der Waals surface area contributed by atoms with Gasteiger partial charge in [0.1, 0.15) is 0 Å². The summed E-state index contributed by atoms with van der Waals surface area (Å²) in [6.45, 7) is 6.87. The van der Waals surface area contributed by atoms with Crippen molar-refractivity contribution in [1.29, 1.82) is 0 Å². The molecule has 1 aromatic carbocycles. The Kier molecular flexibility index (Phi) is 3.43. The smallest absolute Gasteiger partial charge is 0.181 e. The molecule has 1 fully saturated rings. The highest BCUT2D eigenvalue weighted by atomic mass is 32.1. The van der Waals surface area contributed by atoms with Crippen molar-refractivity contribution in [3.05, 3.63) is 23.8 Å². The minimum Gasteiger partial charge on any atom is -0.375 e. The monoisotopic (exact) mass is 276 g/mol. The number of benzene rings is 1. The highest BCUT2D eigenvalue weighted by Gasteiger charge is 2.20. The van der Waals surface area contributed by atoms with Crippen LogP contribution in [-0.4, -0.2) is 48.0 Å². The molecule has 5 heteroatoms. The van der Waals surface area contributed by atoms with Crippen LogP contribution in [-0.2, 0) is 0 Å². The number of nitrogens with zero attached hydrogens (tertiary/aromatic N) is 3. The topological polar surface area (TPSA) is 45.4 Å². The molecule has 1 saturated heterocycles. The first-order valence-corrected chi connectivity index (χ1v) is 7.54. The second-order valence-corrected chi connectivity index (χ2v) is 6.36. The van der Waals surface area contributed by atoms with E-state index in [0.717, 1.165) is 31.7 Å². The Morgan fingerprint density at radius 3 is 2.74 bits per heavy atom. The number of piperazine rings is 1. The predicted molar refractivity (Wildman–Crippen MR) is 81.5 cm³/mol. The van der Waals surface area contributed by atoms with Gasteiger partial charge in [-0.3, -0.25) is 4.90 Å². The SMILES string of the molecule is CC(c1ccc2nc(N)sc2c1)N1CCN(C)CC1. The van der Waals surface area contributed by atoms with Crippen LogP contribution in [0.1, 0.15) is 18.5 Å². The maximum atomic E-state index is 5.77. The fourth-order valence-electron chi connectivity index (χ4n) is 2.64. The Morgan fingerprint density at radius 1 is 1.26 bits per heavy atom. The standard InChI is InChI=1S/C14H20N4S/c1-10(18-7-5-17(2)6-8-18)11-3-4-12-13(9-11)19-14(15)16-12/h3-4,9-10H,5-8H2,1-2H3,(H2,15,16). The molecular formula is C14H20N4S. The van der Waals surface area contributed by atoms with Crippen molar-refractivity contribution in [3.8, 4) is 0 Å². The predicted octanol–water partition coefficient (Wildman–Crippen LogP) is 2.19. The quantitative estimate of drug-likeness (QED) is 0.913. The van der Waals surface area contributed by atoms with Crippen molar-refractivity contribution >= 4 is 26.7 Å². The molecule has 0 saturated carbocycles. The second-order valence-electron chi connectivity index (χ2n) is 5.29. The fraction of sp³-hybridized carbons (Fsp3) is 0.500. The van der Waals surface area contributed by atoms with Gasteiger partial charge in [0.2, 0.25) is 0 Å². The molecule has 0 aliphatic carbocycles. The van der Waals surface area contributed by atoms with E-state index in [9.17, 15) is 0 Å². The van der Waals surface area contributed by atoms with Gasteiger partial charge in [0.05, 0.1) is 10.2 Å². The van der Waals surface area contributed by atoms with E-state index in [4.69, 9.17) is 5.73 Å². The van der Waals surface area contributed by atoms with Gasteiger partial charge in [0.15, 0.2) is 5.13 Å². The van der Waals surface area contributed by atoms with Gasteiger partial charge in [0.25, 0.3) is 0 Å². The molecule has 3 rings (SSSR count). The molecule has 1 aliphatic heterocycles. The average Bonchev–Trinajstić information content (AvgIpc) is 2.77. The van der Waals surface area contributed by atoms with Crippen LogP contribution in [0.25, 0.3) is 10.2 Å². The molecule has 19 heavy (non-hydrogen) atoms. The number of likely N-dealkylation sites (N-methyl/N-ethyl adjacent to an activating group) is 1. The summed E-state index contributed by atoms with van der Waals surface area (Å²) in [5.74, 6) is 0. The van der Waals surface area contributed by atoms with Crippen LogP contribution in [0.15, 0.2) is 18.2 Å². The van der Waals surface area contributed by atoms with Gasteiger partial charge in [0, 0.05) is 32.2 Å². The first-order chi connectivity index (χ1) is 9.13. The normalized spacial score (nSPS) is 19.9. The Bertz CT molecular complexity index is 572. The molecule has 2 heterocycles. The summed E-state index contributed by atoms with van der Waals surface area (Å²) < 4.78 is 1.19. The van der Waals surface area contributed by atoms with Crippen LogP contribution in [0.5, 0.6) is 0 Å². The maximum absolute atomic E-state index is 5.77. The van der Waals surface area contributed by atoms with Gasteiger partial charge in [-0.25, -0.2) is 4.98 Å². The second kappa shape index (κ2) is 5.07. The zero-order valence-corrected chi connectivity index (χ0v) is 12.3. The van der Waals surface area contributed by atoms with Crippen molar-refractivity contribution in [3.63, 3.8) is 0 Å². The summed E-state index contributed by atoms with van der Waals surface area (Å²) in [7, 11) is 2.19.